The summed E-state index contributed by atoms with van der Waals surface area (Å²) in [4.78, 5) is 0.674. The van der Waals surface area contributed by atoms with Gasteiger partial charge in [-0.1, -0.05) is 73.0 Å². The molecule has 2 heterocycles. The molecular formula is C27H22N4OS2. The lowest BCUT2D eigenvalue weighted by Crippen LogP contribution is -2.25. The fourth-order valence-electron chi connectivity index (χ4n) is 3.99. The van der Waals surface area contributed by atoms with E-state index in [2.05, 4.69) is 10.2 Å². The van der Waals surface area contributed by atoms with Gasteiger partial charge in [0.2, 0.25) is 0 Å². The molecule has 0 bridgehead atoms. The summed E-state index contributed by atoms with van der Waals surface area (Å²) in [5, 5.41) is 14.3. The lowest BCUT2D eigenvalue weighted by molar-refractivity contribution is 0.340. The fraction of sp³-hybridized carbons (Fsp3) is 0.111. The first-order valence-electron chi connectivity index (χ1n) is 11.0. The van der Waals surface area contributed by atoms with Crippen LogP contribution >= 0.6 is 24.4 Å². The van der Waals surface area contributed by atoms with Crippen molar-refractivity contribution in [3.63, 3.8) is 0 Å². The van der Waals surface area contributed by atoms with Crippen molar-refractivity contribution in [2.75, 3.05) is 11.6 Å². The third kappa shape index (κ3) is 4.27. The van der Waals surface area contributed by atoms with Gasteiger partial charge in [0.05, 0.1) is 29.6 Å². The second-order valence-corrected chi connectivity index (χ2v) is 8.59. The Kier molecular flexibility index (Phi) is 6.29. The van der Waals surface area contributed by atoms with E-state index in [1.807, 2.05) is 103 Å². The van der Waals surface area contributed by atoms with Crippen LogP contribution in [0, 0.1) is 4.64 Å². The molecular weight excluding hydrogens is 460 g/mol. The molecule has 0 fully saturated rings. The molecule has 0 radical (unpaired) electrons. The minimum atomic E-state index is -0.286. The summed E-state index contributed by atoms with van der Waals surface area (Å²) in [6.07, 6.45) is 0. The SMILES string of the molecule is CCOc1ccc(-c2cc(C3C(=S)N(c4ccccc4)N=C3c3ccccc3)c(=S)[nH]n2)cc1. The zero-order valence-electron chi connectivity index (χ0n) is 18.5. The number of hydrazone groups is 1. The molecule has 168 valence electrons. The molecule has 5 nitrogen and oxygen atoms in total. The quantitative estimate of drug-likeness (QED) is 0.316. The maximum Gasteiger partial charge on any atom is 0.123 e. The van der Waals surface area contributed by atoms with Gasteiger partial charge in [-0.2, -0.15) is 10.2 Å². The van der Waals surface area contributed by atoms with Gasteiger partial charge in [-0.15, -0.1) is 0 Å². The smallest absolute Gasteiger partial charge is 0.123 e. The van der Waals surface area contributed by atoms with Gasteiger partial charge in [-0.3, -0.25) is 5.10 Å². The number of hydrogen-bond acceptors (Lipinski definition) is 5. The summed E-state index contributed by atoms with van der Waals surface area (Å²) in [5.41, 5.74) is 5.39. The van der Waals surface area contributed by atoms with Crippen molar-refractivity contribution < 1.29 is 4.74 Å². The number of nitrogens with one attached hydrogen (secondary N) is 1. The number of hydrogen-bond donors (Lipinski definition) is 1. The highest BCUT2D eigenvalue weighted by Crippen LogP contribution is 2.35. The Morgan fingerprint density at radius 2 is 1.56 bits per heavy atom. The lowest BCUT2D eigenvalue weighted by atomic mass is 9.91. The second-order valence-electron chi connectivity index (χ2n) is 7.76. The Bertz CT molecular complexity index is 1400. The normalized spacial score (nSPS) is 15.3. The molecule has 1 unspecified atom stereocenters. The number of para-hydroxylation sites is 1. The minimum absolute atomic E-state index is 0.286. The Hall–Kier alpha value is -3.68. The Morgan fingerprint density at radius 1 is 0.882 bits per heavy atom. The van der Waals surface area contributed by atoms with Crippen LogP contribution in [-0.2, 0) is 0 Å². The van der Waals surface area contributed by atoms with Crippen LogP contribution < -0.4 is 9.75 Å². The molecule has 0 amide bonds. The van der Waals surface area contributed by atoms with Gasteiger partial charge in [-0.25, -0.2) is 5.01 Å². The maximum atomic E-state index is 5.98. The van der Waals surface area contributed by atoms with Crippen LogP contribution in [0.4, 0.5) is 5.69 Å². The number of aromatic nitrogens is 2. The molecule has 0 spiro atoms. The lowest BCUT2D eigenvalue weighted by Gasteiger charge is -2.18. The summed E-state index contributed by atoms with van der Waals surface area (Å²) in [5.74, 6) is 0.537. The molecule has 1 aliphatic heterocycles. The molecule has 0 saturated carbocycles. The van der Waals surface area contributed by atoms with Crippen molar-refractivity contribution in [3.05, 3.63) is 107 Å². The number of H-pyrrole nitrogens is 1. The van der Waals surface area contributed by atoms with E-state index in [4.69, 9.17) is 34.3 Å². The topological polar surface area (TPSA) is 53.5 Å². The van der Waals surface area contributed by atoms with E-state index < -0.39 is 0 Å². The highest BCUT2D eigenvalue weighted by Gasteiger charge is 2.36. The molecule has 1 aliphatic rings. The predicted molar refractivity (Wildman–Crippen MR) is 143 cm³/mol. The van der Waals surface area contributed by atoms with Crippen LogP contribution in [0.3, 0.4) is 0 Å². The highest BCUT2D eigenvalue weighted by molar-refractivity contribution is 7.80. The van der Waals surface area contributed by atoms with Crippen LogP contribution in [0.25, 0.3) is 11.3 Å². The average molecular weight is 483 g/mol. The first-order valence-corrected chi connectivity index (χ1v) is 11.8. The zero-order valence-corrected chi connectivity index (χ0v) is 20.1. The molecule has 1 N–H and O–H groups in total. The molecule has 3 aromatic carbocycles. The van der Waals surface area contributed by atoms with E-state index in [0.717, 1.165) is 39.5 Å². The second kappa shape index (κ2) is 9.67. The van der Waals surface area contributed by atoms with E-state index in [0.29, 0.717) is 16.2 Å². The summed E-state index contributed by atoms with van der Waals surface area (Å²) >= 11 is 11.7. The van der Waals surface area contributed by atoms with E-state index >= 15 is 0 Å². The fourth-order valence-corrected chi connectivity index (χ4v) is 4.60. The van der Waals surface area contributed by atoms with Gasteiger partial charge < -0.3 is 4.74 Å². The van der Waals surface area contributed by atoms with E-state index in [9.17, 15) is 0 Å². The first-order chi connectivity index (χ1) is 16.7. The van der Waals surface area contributed by atoms with Crippen molar-refractivity contribution in [2.24, 2.45) is 5.10 Å². The minimum Gasteiger partial charge on any atom is -0.494 e. The van der Waals surface area contributed by atoms with Gasteiger partial charge in [-0.05, 0) is 55.0 Å². The van der Waals surface area contributed by atoms with E-state index in [1.165, 1.54) is 0 Å². The maximum absolute atomic E-state index is 5.98. The summed E-state index contributed by atoms with van der Waals surface area (Å²) in [6, 6.07) is 29.9. The Labute approximate surface area is 208 Å². The summed E-state index contributed by atoms with van der Waals surface area (Å²) in [6.45, 7) is 2.59. The zero-order chi connectivity index (χ0) is 23.5. The number of rotatable bonds is 6. The highest BCUT2D eigenvalue weighted by atomic mass is 32.1. The van der Waals surface area contributed by atoms with Crippen molar-refractivity contribution in [1.82, 2.24) is 10.2 Å². The Balaban J connectivity index is 1.60. The van der Waals surface area contributed by atoms with Gasteiger partial charge in [0.25, 0.3) is 0 Å². The molecule has 1 atom stereocenters. The molecule has 34 heavy (non-hydrogen) atoms. The molecule has 4 aromatic rings. The monoisotopic (exact) mass is 482 g/mol. The summed E-state index contributed by atoms with van der Waals surface area (Å²) in [7, 11) is 0. The number of benzene rings is 3. The number of aromatic amines is 1. The van der Waals surface area contributed by atoms with Crippen molar-refractivity contribution in [2.45, 2.75) is 12.8 Å². The van der Waals surface area contributed by atoms with Crippen LogP contribution in [0.2, 0.25) is 0 Å². The number of thiocarbonyl (C=S) groups is 1. The largest absolute Gasteiger partial charge is 0.494 e. The van der Waals surface area contributed by atoms with Crippen molar-refractivity contribution in [3.8, 4) is 17.0 Å². The third-order valence-electron chi connectivity index (χ3n) is 5.61. The van der Waals surface area contributed by atoms with E-state index in [-0.39, 0.29) is 5.92 Å². The molecule has 7 heteroatoms. The van der Waals surface area contributed by atoms with Crippen LogP contribution in [-0.4, -0.2) is 27.5 Å². The van der Waals surface area contributed by atoms with Crippen molar-refractivity contribution in [1.29, 1.82) is 0 Å². The van der Waals surface area contributed by atoms with Crippen LogP contribution in [0.5, 0.6) is 5.75 Å². The number of nitrogens with zero attached hydrogens (tertiary/aromatic N) is 3. The van der Waals surface area contributed by atoms with Crippen LogP contribution in [0.15, 0.2) is 96.1 Å². The molecule has 0 aliphatic carbocycles. The summed E-state index contributed by atoms with van der Waals surface area (Å²) < 4.78 is 6.11. The van der Waals surface area contributed by atoms with Gasteiger partial charge >= 0.3 is 0 Å². The van der Waals surface area contributed by atoms with Gasteiger partial charge in [0.15, 0.2) is 0 Å². The Morgan fingerprint density at radius 3 is 2.24 bits per heavy atom. The number of ether oxygens (including phenoxy) is 1. The van der Waals surface area contributed by atoms with Gasteiger partial charge in [0, 0.05) is 11.1 Å². The molecule has 5 rings (SSSR count). The number of anilines is 1. The molecule has 1 aromatic heterocycles. The third-order valence-corrected chi connectivity index (χ3v) is 6.35. The molecule has 0 saturated heterocycles. The van der Waals surface area contributed by atoms with Gasteiger partial charge in [0.1, 0.15) is 15.4 Å². The first kappa shape index (κ1) is 22.1. The van der Waals surface area contributed by atoms with Crippen LogP contribution in [0.1, 0.15) is 24.0 Å². The predicted octanol–water partition coefficient (Wildman–Crippen LogP) is 6.54. The van der Waals surface area contributed by atoms with E-state index in [1.54, 1.807) is 0 Å². The average Bonchev–Trinajstić information content (AvgIpc) is 3.23. The van der Waals surface area contributed by atoms with Crippen molar-refractivity contribution >= 4 is 40.8 Å². The standard InChI is InChI=1S/C27H22N4OS2/c1-2-32-21-15-13-18(14-16-21)23-17-22(26(33)29-28-23)24-25(19-9-5-3-6-10-19)30-31(27(24)34)20-11-7-4-8-12-20/h3-17,24H,2H2,1H3,(H,29,33).